The molecule has 0 atom stereocenters. The van der Waals surface area contributed by atoms with Crippen molar-refractivity contribution < 1.29 is 9.21 Å². The summed E-state index contributed by atoms with van der Waals surface area (Å²) in [5, 5.41) is 8.53. The van der Waals surface area contributed by atoms with Gasteiger partial charge in [-0.15, -0.1) is 10.2 Å². The fourth-order valence-electron chi connectivity index (χ4n) is 2.01. The lowest BCUT2D eigenvalue weighted by Crippen LogP contribution is -2.37. The molecule has 1 saturated carbocycles. The van der Waals surface area contributed by atoms with Crippen molar-refractivity contribution in [3.63, 3.8) is 0 Å². The molecule has 1 aromatic rings. The van der Waals surface area contributed by atoms with Crippen molar-refractivity contribution in [1.82, 2.24) is 15.1 Å². The Morgan fingerprint density at radius 2 is 2.05 bits per heavy atom. The highest BCUT2D eigenvalue weighted by atomic mass is 32.2. The van der Waals surface area contributed by atoms with Gasteiger partial charge in [0.05, 0.1) is 5.75 Å². The highest BCUT2D eigenvalue weighted by molar-refractivity contribution is 7.99. The van der Waals surface area contributed by atoms with Gasteiger partial charge in [-0.25, -0.2) is 0 Å². The SMILES string of the molecule is CC(C)CN(C(=O)CSc1nnc(C(C)(C)C)o1)C1CC1. The van der Waals surface area contributed by atoms with E-state index in [-0.39, 0.29) is 11.3 Å². The molecule has 0 saturated heterocycles. The van der Waals surface area contributed by atoms with Crippen LogP contribution in [0.1, 0.15) is 53.4 Å². The molecule has 0 aromatic carbocycles. The molecule has 0 N–H and O–H groups in total. The summed E-state index contributed by atoms with van der Waals surface area (Å²) in [6.07, 6.45) is 2.27. The summed E-state index contributed by atoms with van der Waals surface area (Å²) in [4.78, 5) is 14.4. The molecule has 0 unspecified atom stereocenters. The summed E-state index contributed by atoms with van der Waals surface area (Å²) in [7, 11) is 0. The van der Waals surface area contributed by atoms with E-state index in [0.29, 0.717) is 28.8 Å². The average molecular weight is 311 g/mol. The highest BCUT2D eigenvalue weighted by Crippen LogP contribution is 2.29. The third kappa shape index (κ3) is 4.73. The first-order valence-electron chi connectivity index (χ1n) is 7.53. The Balaban J connectivity index is 1.89. The van der Waals surface area contributed by atoms with Crippen molar-refractivity contribution in [1.29, 1.82) is 0 Å². The summed E-state index contributed by atoms with van der Waals surface area (Å²) in [5.74, 6) is 1.65. The maximum Gasteiger partial charge on any atom is 0.277 e. The summed E-state index contributed by atoms with van der Waals surface area (Å²) in [6, 6.07) is 0.452. The molecule has 0 aliphatic heterocycles. The molecule has 1 fully saturated rings. The van der Waals surface area contributed by atoms with Gasteiger partial charge in [-0.1, -0.05) is 46.4 Å². The van der Waals surface area contributed by atoms with Gasteiger partial charge in [0.2, 0.25) is 11.8 Å². The zero-order chi connectivity index (χ0) is 15.6. The lowest BCUT2D eigenvalue weighted by atomic mass is 9.97. The van der Waals surface area contributed by atoms with E-state index in [1.165, 1.54) is 11.8 Å². The molecule has 1 aliphatic carbocycles. The van der Waals surface area contributed by atoms with Gasteiger partial charge < -0.3 is 9.32 Å². The van der Waals surface area contributed by atoms with Crippen molar-refractivity contribution in [2.75, 3.05) is 12.3 Å². The Labute approximate surface area is 130 Å². The Morgan fingerprint density at radius 3 is 2.52 bits per heavy atom. The van der Waals surface area contributed by atoms with Gasteiger partial charge in [0.15, 0.2) is 0 Å². The van der Waals surface area contributed by atoms with Crippen LogP contribution < -0.4 is 0 Å². The minimum absolute atomic E-state index is 0.159. The molecule has 1 aliphatic rings. The van der Waals surface area contributed by atoms with Gasteiger partial charge in [0, 0.05) is 18.0 Å². The number of carbonyl (C=O) groups is 1. The number of hydrogen-bond acceptors (Lipinski definition) is 5. The third-order valence-electron chi connectivity index (χ3n) is 3.24. The van der Waals surface area contributed by atoms with Crippen molar-refractivity contribution >= 4 is 17.7 Å². The molecule has 5 nitrogen and oxygen atoms in total. The predicted octanol–water partition coefficient (Wildman–Crippen LogP) is 3.11. The topological polar surface area (TPSA) is 59.2 Å². The van der Waals surface area contributed by atoms with Gasteiger partial charge in [-0.2, -0.15) is 0 Å². The van der Waals surface area contributed by atoms with Crippen LogP contribution in [0.25, 0.3) is 0 Å². The number of hydrogen-bond donors (Lipinski definition) is 0. The predicted molar refractivity (Wildman–Crippen MR) is 83.3 cm³/mol. The lowest BCUT2D eigenvalue weighted by Gasteiger charge is -2.24. The van der Waals surface area contributed by atoms with Crippen LogP contribution in [-0.2, 0) is 10.2 Å². The van der Waals surface area contributed by atoms with Gasteiger partial charge in [0.1, 0.15) is 0 Å². The molecule has 1 aromatic heterocycles. The van der Waals surface area contributed by atoms with E-state index >= 15 is 0 Å². The van der Waals surface area contributed by atoms with E-state index in [2.05, 4.69) is 24.0 Å². The van der Waals surface area contributed by atoms with Gasteiger partial charge >= 0.3 is 0 Å². The molecule has 6 heteroatoms. The fourth-order valence-corrected chi connectivity index (χ4v) is 2.66. The normalized spacial score (nSPS) is 15.5. The summed E-state index contributed by atoms with van der Waals surface area (Å²) < 4.78 is 5.61. The molecule has 0 bridgehead atoms. The quantitative estimate of drug-likeness (QED) is 0.756. The first-order chi connectivity index (χ1) is 9.77. The van der Waals surface area contributed by atoms with Gasteiger partial charge in [-0.3, -0.25) is 4.79 Å². The standard InChI is InChI=1S/C15H25N3O2S/c1-10(2)8-18(11-6-7-11)12(19)9-21-14-17-16-13(20-14)15(3,4)5/h10-11H,6-9H2,1-5H3. The molecule has 1 heterocycles. The summed E-state index contributed by atoms with van der Waals surface area (Å²) in [6.45, 7) is 11.2. The van der Waals surface area contributed by atoms with Crippen molar-refractivity contribution in [2.45, 2.75) is 64.1 Å². The number of nitrogens with zero attached hydrogens (tertiary/aromatic N) is 3. The van der Waals surface area contributed by atoms with E-state index in [9.17, 15) is 4.79 Å². The Bertz CT molecular complexity index is 489. The monoisotopic (exact) mass is 311 g/mol. The molecule has 1 amide bonds. The molecular formula is C15H25N3O2S. The molecular weight excluding hydrogens is 286 g/mol. The molecule has 118 valence electrons. The maximum atomic E-state index is 12.4. The van der Waals surface area contributed by atoms with E-state index < -0.39 is 0 Å². The second kappa shape index (κ2) is 6.38. The number of aromatic nitrogens is 2. The Kier molecular flexibility index (Phi) is 4.96. The smallest absolute Gasteiger partial charge is 0.277 e. The number of amides is 1. The second-order valence-corrected chi connectivity index (χ2v) is 8.01. The van der Waals surface area contributed by atoms with Crippen LogP contribution in [0.2, 0.25) is 0 Å². The van der Waals surface area contributed by atoms with Gasteiger partial charge in [-0.05, 0) is 18.8 Å². The number of rotatable bonds is 6. The van der Waals surface area contributed by atoms with Crippen LogP contribution >= 0.6 is 11.8 Å². The van der Waals surface area contributed by atoms with Crippen LogP contribution in [0, 0.1) is 5.92 Å². The van der Waals surface area contributed by atoms with Crippen molar-refractivity contribution in [3.05, 3.63) is 5.89 Å². The minimum atomic E-state index is -0.159. The molecule has 0 spiro atoms. The largest absolute Gasteiger partial charge is 0.415 e. The number of thioether (sulfide) groups is 1. The van der Waals surface area contributed by atoms with Crippen molar-refractivity contribution in [3.8, 4) is 0 Å². The van der Waals surface area contributed by atoms with E-state index in [4.69, 9.17) is 4.42 Å². The van der Waals surface area contributed by atoms with Crippen LogP contribution in [0.3, 0.4) is 0 Å². The van der Waals surface area contributed by atoms with Gasteiger partial charge in [0.25, 0.3) is 5.22 Å². The van der Waals surface area contributed by atoms with E-state index in [1.807, 2.05) is 25.7 Å². The van der Waals surface area contributed by atoms with Crippen LogP contribution in [0.5, 0.6) is 0 Å². The first-order valence-corrected chi connectivity index (χ1v) is 8.52. The zero-order valence-electron chi connectivity index (χ0n) is 13.5. The average Bonchev–Trinajstić information content (AvgIpc) is 3.09. The minimum Gasteiger partial charge on any atom is -0.415 e. The van der Waals surface area contributed by atoms with Crippen LogP contribution in [0.15, 0.2) is 9.64 Å². The lowest BCUT2D eigenvalue weighted by molar-refractivity contribution is -0.129. The Hall–Kier alpha value is -1.04. The molecule has 0 radical (unpaired) electrons. The fraction of sp³-hybridized carbons (Fsp3) is 0.800. The highest BCUT2D eigenvalue weighted by Gasteiger charge is 2.33. The zero-order valence-corrected chi connectivity index (χ0v) is 14.4. The van der Waals surface area contributed by atoms with E-state index in [0.717, 1.165) is 19.4 Å². The second-order valence-electron chi connectivity index (χ2n) is 7.08. The Morgan fingerprint density at radius 1 is 1.38 bits per heavy atom. The molecule has 2 rings (SSSR count). The summed E-state index contributed by atoms with van der Waals surface area (Å²) >= 11 is 1.33. The third-order valence-corrected chi connectivity index (χ3v) is 4.04. The van der Waals surface area contributed by atoms with Crippen LogP contribution in [0.4, 0.5) is 0 Å². The first kappa shape index (κ1) is 16.3. The number of carbonyl (C=O) groups excluding carboxylic acids is 1. The molecule has 21 heavy (non-hydrogen) atoms. The maximum absolute atomic E-state index is 12.4. The van der Waals surface area contributed by atoms with E-state index in [1.54, 1.807) is 0 Å². The van der Waals surface area contributed by atoms with Crippen LogP contribution in [-0.4, -0.2) is 39.3 Å². The van der Waals surface area contributed by atoms with Crippen molar-refractivity contribution in [2.24, 2.45) is 5.92 Å². The summed E-state index contributed by atoms with van der Waals surface area (Å²) in [5.41, 5.74) is -0.159.